The number of aromatic nitrogens is 2. The molecule has 0 saturated carbocycles. The normalized spacial score (nSPS) is 12.4. The summed E-state index contributed by atoms with van der Waals surface area (Å²) in [6.45, 7) is 8.34. The highest BCUT2D eigenvalue weighted by molar-refractivity contribution is 7.99. The summed E-state index contributed by atoms with van der Waals surface area (Å²) in [6, 6.07) is 1.96. The number of ether oxygens (including phenoxy) is 1. The van der Waals surface area contributed by atoms with E-state index in [1.165, 1.54) is 0 Å². The summed E-state index contributed by atoms with van der Waals surface area (Å²) < 4.78 is 5.38. The number of aliphatic hydroxyl groups is 1. The van der Waals surface area contributed by atoms with E-state index in [1.807, 2.05) is 13.0 Å². The number of anilines is 1. The van der Waals surface area contributed by atoms with E-state index in [0.29, 0.717) is 24.3 Å². The molecule has 0 radical (unpaired) electrons. The molecule has 0 amide bonds. The van der Waals surface area contributed by atoms with Crippen molar-refractivity contribution in [1.82, 2.24) is 9.97 Å². The number of nitrogens with one attached hydrogen (secondary N) is 1. The number of thioether (sulfide) groups is 1. The Hall–Kier alpha value is -0.850. The third-order valence-corrected chi connectivity index (χ3v) is 3.69. The Morgan fingerprint density at radius 3 is 2.85 bits per heavy atom. The van der Waals surface area contributed by atoms with Crippen LogP contribution in [0.25, 0.3) is 0 Å². The van der Waals surface area contributed by atoms with Gasteiger partial charge in [-0.1, -0.05) is 13.8 Å². The lowest BCUT2D eigenvalue weighted by molar-refractivity contribution is 0.128. The molecule has 5 nitrogen and oxygen atoms in total. The summed E-state index contributed by atoms with van der Waals surface area (Å²) in [5.74, 6) is 1.54. The molecule has 0 aromatic carbocycles. The topological polar surface area (TPSA) is 67.3 Å². The van der Waals surface area contributed by atoms with Crippen molar-refractivity contribution in [3.05, 3.63) is 11.9 Å². The Bertz CT molecular complexity index is 364. The third kappa shape index (κ3) is 6.54. The predicted molar refractivity (Wildman–Crippen MR) is 83.2 cm³/mol. The van der Waals surface area contributed by atoms with Crippen LogP contribution in [0.15, 0.2) is 11.1 Å². The van der Waals surface area contributed by atoms with Crippen molar-refractivity contribution < 1.29 is 9.84 Å². The summed E-state index contributed by atoms with van der Waals surface area (Å²) in [5.41, 5.74) is 0. The quantitative estimate of drug-likeness (QED) is 0.511. The van der Waals surface area contributed by atoms with Crippen LogP contribution in [0.4, 0.5) is 5.82 Å². The van der Waals surface area contributed by atoms with Gasteiger partial charge in [0.25, 0.3) is 0 Å². The van der Waals surface area contributed by atoms with Crippen LogP contribution in [0.2, 0.25) is 0 Å². The minimum Gasteiger partial charge on any atom is -0.396 e. The van der Waals surface area contributed by atoms with Gasteiger partial charge in [-0.3, -0.25) is 0 Å². The molecule has 2 N–H and O–H groups in total. The summed E-state index contributed by atoms with van der Waals surface area (Å²) in [4.78, 5) is 8.96. The monoisotopic (exact) mass is 299 g/mol. The molecule has 0 aliphatic rings. The van der Waals surface area contributed by atoms with Crippen LogP contribution in [-0.2, 0) is 11.3 Å². The van der Waals surface area contributed by atoms with Gasteiger partial charge < -0.3 is 15.2 Å². The zero-order chi connectivity index (χ0) is 14.8. The molecule has 1 aromatic rings. The number of hydrogen-bond donors (Lipinski definition) is 2. The highest BCUT2D eigenvalue weighted by Gasteiger charge is 2.09. The average molecular weight is 299 g/mol. The van der Waals surface area contributed by atoms with Gasteiger partial charge in [-0.2, -0.15) is 0 Å². The maximum atomic E-state index is 8.98. The summed E-state index contributed by atoms with van der Waals surface area (Å²) >= 11 is 1.66. The van der Waals surface area contributed by atoms with Crippen molar-refractivity contribution in [3.8, 4) is 0 Å². The zero-order valence-electron chi connectivity index (χ0n) is 12.6. The Morgan fingerprint density at radius 2 is 2.20 bits per heavy atom. The molecule has 0 saturated heterocycles. The SMILES string of the molecule is CCCNc1cc(SC(C)CCO)nc(COCC)n1. The fraction of sp³-hybridized carbons (Fsp3) is 0.714. The highest BCUT2D eigenvalue weighted by atomic mass is 32.2. The van der Waals surface area contributed by atoms with Crippen LogP contribution in [0, 0.1) is 0 Å². The Morgan fingerprint density at radius 1 is 1.40 bits per heavy atom. The lowest BCUT2D eigenvalue weighted by Crippen LogP contribution is -2.08. The second kappa shape index (κ2) is 9.96. The van der Waals surface area contributed by atoms with Crippen LogP contribution in [-0.4, -0.2) is 40.1 Å². The van der Waals surface area contributed by atoms with Gasteiger partial charge in [0.15, 0.2) is 5.82 Å². The van der Waals surface area contributed by atoms with E-state index >= 15 is 0 Å². The molecule has 1 atom stereocenters. The second-order valence-electron chi connectivity index (χ2n) is 4.51. The highest BCUT2D eigenvalue weighted by Crippen LogP contribution is 2.25. The molecule has 0 aliphatic carbocycles. The molecule has 0 spiro atoms. The van der Waals surface area contributed by atoms with Gasteiger partial charge in [0.05, 0.1) is 0 Å². The number of aliphatic hydroxyl groups excluding tert-OH is 1. The molecule has 1 unspecified atom stereocenters. The Kier molecular flexibility index (Phi) is 8.57. The predicted octanol–water partition coefficient (Wildman–Crippen LogP) is 2.70. The molecule has 6 heteroatoms. The summed E-state index contributed by atoms with van der Waals surface area (Å²) in [6.07, 6.45) is 1.81. The smallest absolute Gasteiger partial charge is 0.157 e. The first kappa shape index (κ1) is 17.2. The van der Waals surface area contributed by atoms with E-state index in [2.05, 4.69) is 29.1 Å². The van der Waals surface area contributed by atoms with Crippen molar-refractivity contribution in [2.24, 2.45) is 0 Å². The molecule has 114 valence electrons. The standard InChI is InChI=1S/C14H25N3O2S/c1-4-7-15-12-9-14(20-11(3)6-8-18)17-13(16-12)10-19-5-2/h9,11,18H,4-8,10H2,1-3H3,(H,15,16,17). The average Bonchev–Trinajstić information content (AvgIpc) is 2.43. The van der Waals surface area contributed by atoms with Gasteiger partial charge in [-0.15, -0.1) is 11.8 Å². The molecule has 0 bridgehead atoms. The first-order valence-electron chi connectivity index (χ1n) is 7.16. The third-order valence-electron chi connectivity index (χ3n) is 2.60. The minimum atomic E-state index is 0.200. The number of rotatable bonds is 10. The maximum absolute atomic E-state index is 8.98. The molecule has 20 heavy (non-hydrogen) atoms. The van der Waals surface area contributed by atoms with Gasteiger partial charge in [0.2, 0.25) is 0 Å². The van der Waals surface area contributed by atoms with Crippen LogP contribution < -0.4 is 5.32 Å². The lowest BCUT2D eigenvalue weighted by atomic mass is 10.3. The van der Waals surface area contributed by atoms with Gasteiger partial charge in [0.1, 0.15) is 17.5 Å². The van der Waals surface area contributed by atoms with Crippen LogP contribution in [0.5, 0.6) is 0 Å². The van der Waals surface area contributed by atoms with Crippen molar-refractivity contribution in [3.63, 3.8) is 0 Å². The van der Waals surface area contributed by atoms with Crippen LogP contribution >= 0.6 is 11.8 Å². The van der Waals surface area contributed by atoms with E-state index in [0.717, 1.165) is 30.2 Å². The number of hydrogen-bond acceptors (Lipinski definition) is 6. The van der Waals surface area contributed by atoms with Crippen molar-refractivity contribution in [2.75, 3.05) is 25.1 Å². The molecule has 1 heterocycles. The molecule has 1 aromatic heterocycles. The molecule has 1 rings (SSSR count). The van der Waals surface area contributed by atoms with E-state index < -0.39 is 0 Å². The minimum absolute atomic E-state index is 0.200. The van der Waals surface area contributed by atoms with E-state index in [1.54, 1.807) is 11.8 Å². The molecule has 0 fully saturated rings. The van der Waals surface area contributed by atoms with Crippen molar-refractivity contribution in [1.29, 1.82) is 0 Å². The summed E-state index contributed by atoms with van der Waals surface area (Å²) in [7, 11) is 0. The van der Waals surface area contributed by atoms with E-state index in [9.17, 15) is 0 Å². The first-order valence-corrected chi connectivity index (χ1v) is 8.04. The van der Waals surface area contributed by atoms with Crippen molar-refractivity contribution in [2.45, 2.75) is 50.5 Å². The van der Waals surface area contributed by atoms with E-state index in [4.69, 9.17) is 9.84 Å². The van der Waals surface area contributed by atoms with E-state index in [-0.39, 0.29) is 6.61 Å². The lowest BCUT2D eigenvalue weighted by Gasteiger charge is -2.12. The van der Waals surface area contributed by atoms with Crippen LogP contribution in [0.1, 0.15) is 39.4 Å². The Labute approximate surface area is 125 Å². The van der Waals surface area contributed by atoms with Gasteiger partial charge >= 0.3 is 0 Å². The van der Waals surface area contributed by atoms with Gasteiger partial charge in [0, 0.05) is 31.1 Å². The molecule has 0 aliphatic heterocycles. The number of nitrogens with zero attached hydrogens (tertiary/aromatic N) is 2. The maximum Gasteiger partial charge on any atom is 0.157 e. The first-order chi connectivity index (χ1) is 9.69. The molecular weight excluding hydrogens is 274 g/mol. The fourth-order valence-corrected chi connectivity index (χ4v) is 2.55. The van der Waals surface area contributed by atoms with Crippen LogP contribution in [0.3, 0.4) is 0 Å². The molecular formula is C14H25N3O2S. The second-order valence-corrected chi connectivity index (χ2v) is 5.97. The fourth-order valence-electron chi connectivity index (χ4n) is 1.58. The zero-order valence-corrected chi connectivity index (χ0v) is 13.4. The summed E-state index contributed by atoms with van der Waals surface area (Å²) in [5, 5.41) is 13.5. The Balaban J connectivity index is 2.78. The van der Waals surface area contributed by atoms with Gasteiger partial charge in [-0.05, 0) is 19.8 Å². The van der Waals surface area contributed by atoms with Crippen molar-refractivity contribution >= 4 is 17.6 Å². The van der Waals surface area contributed by atoms with Gasteiger partial charge in [-0.25, -0.2) is 9.97 Å². The largest absolute Gasteiger partial charge is 0.396 e.